The normalized spacial score (nSPS) is 11.1. The van der Waals surface area contributed by atoms with Crippen LogP contribution in [0.5, 0.6) is 0 Å². The van der Waals surface area contributed by atoms with Gasteiger partial charge in [0.15, 0.2) is 0 Å². The number of aryl methyl sites for hydroxylation is 2. The number of carboxylic acids is 1. The lowest BCUT2D eigenvalue weighted by Gasteiger charge is -2.11. The van der Waals surface area contributed by atoms with Crippen LogP contribution in [0.2, 0.25) is 0 Å². The Balaban J connectivity index is 1.79. The summed E-state index contributed by atoms with van der Waals surface area (Å²) in [4.78, 5) is 12.2. The average Bonchev–Trinajstić information content (AvgIpc) is 3.47. The van der Waals surface area contributed by atoms with E-state index in [0.717, 1.165) is 59.2 Å². The third kappa shape index (κ3) is 4.84. The van der Waals surface area contributed by atoms with Gasteiger partial charge in [0, 0.05) is 24.1 Å². The summed E-state index contributed by atoms with van der Waals surface area (Å²) in [5, 5.41) is 29.3. The van der Waals surface area contributed by atoms with Gasteiger partial charge in [-0.15, -0.1) is 10.2 Å². The molecule has 0 aliphatic rings. The summed E-state index contributed by atoms with van der Waals surface area (Å²) in [6.45, 7) is 4.74. The first kappa shape index (κ1) is 22.4. The predicted molar refractivity (Wildman–Crippen MR) is 126 cm³/mol. The van der Waals surface area contributed by atoms with E-state index < -0.39 is 5.97 Å². The van der Waals surface area contributed by atoms with E-state index in [1.165, 1.54) is 0 Å². The van der Waals surface area contributed by atoms with Crippen molar-refractivity contribution in [3.05, 3.63) is 71.0 Å². The van der Waals surface area contributed by atoms with Gasteiger partial charge in [0.25, 0.3) is 0 Å². The van der Waals surface area contributed by atoms with Crippen LogP contribution in [0, 0.1) is 0 Å². The summed E-state index contributed by atoms with van der Waals surface area (Å²) in [5.41, 5.74) is 5.82. The molecule has 33 heavy (non-hydrogen) atoms. The Labute approximate surface area is 192 Å². The maximum atomic E-state index is 12.2. The first-order valence-corrected chi connectivity index (χ1v) is 11.4. The topological polar surface area (TPSA) is 110 Å². The van der Waals surface area contributed by atoms with Crippen LogP contribution in [0.25, 0.3) is 22.5 Å². The number of nitrogens with one attached hydrogen (secondary N) is 1. The molecule has 0 unspecified atom stereocenters. The summed E-state index contributed by atoms with van der Waals surface area (Å²) in [7, 11) is 0. The van der Waals surface area contributed by atoms with E-state index in [-0.39, 0.29) is 5.69 Å². The van der Waals surface area contributed by atoms with Crippen molar-refractivity contribution in [2.45, 2.75) is 52.5 Å². The maximum absolute atomic E-state index is 12.2. The minimum atomic E-state index is -0.937. The maximum Gasteiger partial charge on any atom is 0.354 e. The number of H-pyrrole nitrogens is 1. The number of carbonyl (C=O) groups is 1. The van der Waals surface area contributed by atoms with Gasteiger partial charge in [-0.25, -0.2) is 4.79 Å². The van der Waals surface area contributed by atoms with Crippen molar-refractivity contribution in [1.82, 2.24) is 30.4 Å². The average molecular weight is 445 g/mol. The Morgan fingerprint density at radius 1 is 1.06 bits per heavy atom. The molecule has 0 amide bonds. The van der Waals surface area contributed by atoms with Crippen molar-refractivity contribution < 1.29 is 9.90 Å². The number of benzene rings is 2. The Morgan fingerprint density at radius 3 is 2.55 bits per heavy atom. The molecule has 2 heterocycles. The van der Waals surface area contributed by atoms with E-state index >= 15 is 0 Å². The highest BCUT2D eigenvalue weighted by molar-refractivity contribution is 5.88. The van der Waals surface area contributed by atoms with E-state index in [4.69, 9.17) is 0 Å². The number of aromatic carboxylic acids is 1. The molecule has 0 saturated carbocycles. The van der Waals surface area contributed by atoms with E-state index in [1.54, 1.807) is 4.68 Å². The number of aromatic amines is 1. The highest BCUT2D eigenvalue weighted by Crippen LogP contribution is 2.32. The molecule has 0 bridgehead atoms. The standard InChI is InChI=1S/C25H28N6O2/c1-3-5-11-22-21(23(25(32)33)31(28-22)14-4-2)16-17-12-13-19(18-9-7-6-8-10-18)20(15-17)24-26-29-30-27-24/h6-10,12-13,15H,3-5,11,14,16H2,1-2H3,(H,32,33)(H,26,27,29,30). The van der Waals surface area contributed by atoms with Crippen molar-refractivity contribution in [3.8, 4) is 22.5 Å². The second-order valence-electron chi connectivity index (χ2n) is 8.06. The highest BCUT2D eigenvalue weighted by atomic mass is 16.4. The second-order valence-corrected chi connectivity index (χ2v) is 8.06. The van der Waals surface area contributed by atoms with Crippen molar-refractivity contribution >= 4 is 5.97 Å². The lowest BCUT2D eigenvalue weighted by atomic mass is 9.93. The van der Waals surface area contributed by atoms with E-state index in [1.807, 2.05) is 55.5 Å². The van der Waals surface area contributed by atoms with Crippen LogP contribution in [0.1, 0.15) is 60.4 Å². The summed E-state index contributed by atoms with van der Waals surface area (Å²) in [5.74, 6) is -0.435. The molecule has 8 nitrogen and oxygen atoms in total. The molecule has 0 atom stereocenters. The zero-order valence-corrected chi connectivity index (χ0v) is 19.0. The van der Waals surface area contributed by atoms with Crippen LogP contribution in [-0.2, 0) is 19.4 Å². The fourth-order valence-electron chi connectivity index (χ4n) is 4.13. The largest absolute Gasteiger partial charge is 0.477 e. The predicted octanol–water partition coefficient (Wildman–Crippen LogP) is 4.77. The summed E-state index contributed by atoms with van der Waals surface area (Å²) >= 11 is 0. The van der Waals surface area contributed by atoms with Crippen LogP contribution >= 0.6 is 0 Å². The van der Waals surface area contributed by atoms with Gasteiger partial charge in [0.2, 0.25) is 5.82 Å². The Kier molecular flexibility index (Phi) is 6.92. The summed E-state index contributed by atoms with van der Waals surface area (Å²) in [6.07, 6.45) is 4.06. The van der Waals surface area contributed by atoms with Crippen molar-refractivity contribution in [2.75, 3.05) is 0 Å². The zero-order valence-electron chi connectivity index (χ0n) is 19.0. The van der Waals surface area contributed by atoms with E-state index in [0.29, 0.717) is 18.8 Å². The molecule has 0 spiro atoms. The highest BCUT2D eigenvalue weighted by Gasteiger charge is 2.23. The molecule has 0 aliphatic heterocycles. The zero-order chi connectivity index (χ0) is 23.2. The number of tetrazole rings is 1. The molecule has 0 aliphatic carbocycles. The molecule has 2 aromatic heterocycles. The van der Waals surface area contributed by atoms with Gasteiger partial charge in [-0.05, 0) is 47.2 Å². The fourth-order valence-corrected chi connectivity index (χ4v) is 4.13. The molecule has 4 rings (SSSR count). The SMILES string of the molecule is CCCCc1nn(CCC)c(C(=O)O)c1Cc1ccc(-c2ccccc2)c(-c2nn[nH]n2)c1. The van der Waals surface area contributed by atoms with Gasteiger partial charge in [0.05, 0.1) is 5.69 Å². The van der Waals surface area contributed by atoms with Gasteiger partial charge in [-0.3, -0.25) is 4.68 Å². The van der Waals surface area contributed by atoms with Gasteiger partial charge < -0.3 is 5.11 Å². The number of carboxylic acid groups (broad SMARTS) is 1. The van der Waals surface area contributed by atoms with Gasteiger partial charge in [0.1, 0.15) is 5.69 Å². The van der Waals surface area contributed by atoms with Gasteiger partial charge >= 0.3 is 5.97 Å². The summed E-state index contributed by atoms with van der Waals surface area (Å²) < 4.78 is 1.65. The molecule has 170 valence electrons. The monoisotopic (exact) mass is 444 g/mol. The molecule has 0 saturated heterocycles. The van der Waals surface area contributed by atoms with Gasteiger partial charge in [-0.1, -0.05) is 62.7 Å². The minimum absolute atomic E-state index is 0.288. The molecule has 4 aromatic rings. The molecule has 8 heteroatoms. The lowest BCUT2D eigenvalue weighted by molar-refractivity contribution is 0.0682. The number of aromatic nitrogens is 6. The number of unbranched alkanes of at least 4 members (excludes halogenated alkanes) is 1. The Morgan fingerprint density at radius 2 is 1.88 bits per heavy atom. The number of hydrogen-bond donors (Lipinski definition) is 2. The van der Waals surface area contributed by atoms with Crippen LogP contribution in [-0.4, -0.2) is 41.5 Å². The van der Waals surface area contributed by atoms with Crippen LogP contribution < -0.4 is 0 Å². The molecule has 2 N–H and O–H groups in total. The summed E-state index contributed by atoms with van der Waals surface area (Å²) in [6, 6.07) is 16.1. The number of hydrogen-bond acceptors (Lipinski definition) is 5. The van der Waals surface area contributed by atoms with Gasteiger partial charge in [-0.2, -0.15) is 10.3 Å². The molecule has 0 fully saturated rings. The van der Waals surface area contributed by atoms with Crippen molar-refractivity contribution in [1.29, 1.82) is 0 Å². The first-order valence-electron chi connectivity index (χ1n) is 11.4. The fraction of sp³-hybridized carbons (Fsp3) is 0.320. The molecule has 2 aromatic carbocycles. The molecular weight excluding hydrogens is 416 g/mol. The number of nitrogens with zero attached hydrogens (tertiary/aromatic N) is 5. The quantitative estimate of drug-likeness (QED) is 0.365. The molecular formula is C25H28N6O2. The third-order valence-electron chi connectivity index (χ3n) is 5.67. The van der Waals surface area contributed by atoms with E-state index in [9.17, 15) is 9.90 Å². The Hall–Kier alpha value is -3.81. The minimum Gasteiger partial charge on any atom is -0.477 e. The van der Waals surface area contributed by atoms with Crippen molar-refractivity contribution in [3.63, 3.8) is 0 Å². The van der Waals surface area contributed by atoms with Crippen LogP contribution in [0.15, 0.2) is 48.5 Å². The number of rotatable bonds is 10. The molecule has 0 radical (unpaired) electrons. The lowest BCUT2D eigenvalue weighted by Crippen LogP contribution is -2.11. The third-order valence-corrected chi connectivity index (χ3v) is 5.67. The Bertz CT molecular complexity index is 1220. The first-order chi connectivity index (χ1) is 16.1. The van der Waals surface area contributed by atoms with Crippen molar-refractivity contribution in [2.24, 2.45) is 0 Å². The smallest absolute Gasteiger partial charge is 0.354 e. The van der Waals surface area contributed by atoms with Crippen LogP contribution in [0.4, 0.5) is 0 Å². The second kappa shape index (κ2) is 10.2. The van der Waals surface area contributed by atoms with Crippen LogP contribution in [0.3, 0.4) is 0 Å². The van der Waals surface area contributed by atoms with E-state index in [2.05, 4.69) is 32.6 Å².